The summed E-state index contributed by atoms with van der Waals surface area (Å²) in [6.45, 7) is 6.35. The van der Waals surface area contributed by atoms with Crippen LogP contribution < -0.4 is 0 Å². The SMILES string of the molecule is C=[N+]=[N-].Cc1ccc(S(=O)(=O)O)cc1.Cc1ccc(S(=O)(=O)O)cc1. The summed E-state index contributed by atoms with van der Waals surface area (Å²) in [5.41, 5.74) is 9.00. The van der Waals surface area contributed by atoms with Gasteiger partial charge in [0.15, 0.2) is 0 Å². The Morgan fingerprint density at radius 2 is 0.960 bits per heavy atom. The van der Waals surface area contributed by atoms with Gasteiger partial charge in [0.2, 0.25) is 6.72 Å². The van der Waals surface area contributed by atoms with Gasteiger partial charge in [0.25, 0.3) is 20.2 Å². The molecule has 0 atom stereocenters. The zero-order chi connectivity index (χ0) is 19.7. The van der Waals surface area contributed by atoms with Gasteiger partial charge in [0, 0.05) is 0 Å². The molecule has 0 saturated heterocycles. The van der Waals surface area contributed by atoms with Gasteiger partial charge in [-0.15, -0.1) is 0 Å². The van der Waals surface area contributed by atoms with Gasteiger partial charge in [0.05, 0.1) is 9.79 Å². The molecule has 0 aliphatic rings. The fraction of sp³-hybridized carbons (Fsp3) is 0.133. The molecule has 8 nitrogen and oxygen atoms in total. The van der Waals surface area contributed by atoms with Gasteiger partial charge in [-0.3, -0.25) is 9.11 Å². The molecule has 0 spiro atoms. The fourth-order valence-corrected chi connectivity index (χ4v) is 2.38. The van der Waals surface area contributed by atoms with Crippen molar-refractivity contribution in [2.45, 2.75) is 23.6 Å². The molecule has 0 saturated carbocycles. The fourth-order valence-electron chi connectivity index (χ4n) is 1.42. The molecule has 2 rings (SSSR count). The number of hydrogen-bond donors (Lipinski definition) is 2. The second-order valence-electron chi connectivity index (χ2n) is 4.72. The molecule has 10 heteroatoms. The standard InChI is InChI=1S/2C7H8O3S.CH2N2/c2*1-6-2-4-7(5-3-6)11(8,9)10;1-3-2/h2*2-5H,1H3,(H,8,9,10);1H2. The van der Waals surface area contributed by atoms with Crippen LogP contribution in [0.3, 0.4) is 0 Å². The molecule has 0 aliphatic heterocycles. The van der Waals surface area contributed by atoms with E-state index in [1.165, 1.54) is 24.3 Å². The van der Waals surface area contributed by atoms with Crippen molar-refractivity contribution in [1.82, 2.24) is 0 Å². The Hall–Kier alpha value is -2.36. The molecule has 0 aromatic heterocycles. The largest absolute Gasteiger partial charge is 0.362 e. The zero-order valence-corrected chi connectivity index (χ0v) is 15.2. The van der Waals surface area contributed by atoms with E-state index in [0.29, 0.717) is 0 Å². The minimum atomic E-state index is -4.02. The van der Waals surface area contributed by atoms with Crippen molar-refractivity contribution in [3.8, 4) is 0 Å². The summed E-state index contributed by atoms with van der Waals surface area (Å²) in [4.78, 5) is 2.12. The predicted octanol–water partition coefficient (Wildman–Crippen LogP) is 2.40. The third kappa shape index (κ3) is 9.50. The van der Waals surface area contributed by atoms with Gasteiger partial charge < -0.3 is 5.53 Å². The Kier molecular flexibility index (Phi) is 8.89. The molecule has 0 heterocycles. The predicted molar refractivity (Wildman–Crippen MR) is 92.7 cm³/mol. The van der Waals surface area contributed by atoms with E-state index in [1.54, 1.807) is 24.3 Å². The van der Waals surface area contributed by atoms with Crippen LogP contribution in [0.4, 0.5) is 0 Å². The van der Waals surface area contributed by atoms with Crippen LogP contribution in [0.25, 0.3) is 5.53 Å². The highest BCUT2D eigenvalue weighted by molar-refractivity contribution is 7.86. The first kappa shape index (κ1) is 22.6. The number of aryl methyl sites for hydroxylation is 2. The summed E-state index contributed by atoms with van der Waals surface area (Å²) in [5.74, 6) is 0. The van der Waals surface area contributed by atoms with Gasteiger partial charge in [-0.2, -0.15) is 21.6 Å². The van der Waals surface area contributed by atoms with Crippen molar-refractivity contribution < 1.29 is 30.7 Å². The minimum Gasteiger partial charge on any atom is -0.362 e. The summed E-state index contributed by atoms with van der Waals surface area (Å²) >= 11 is 0. The lowest BCUT2D eigenvalue weighted by molar-refractivity contribution is 0.0110. The maximum atomic E-state index is 10.5. The molecule has 136 valence electrons. The molecule has 2 aromatic rings. The Balaban J connectivity index is 0.000000399. The zero-order valence-electron chi connectivity index (χ0n) is 13.6. The van der Waals surface area contributed by atoms with Gasteiger partial charge in [-0.25, -0.2) is 0 Å². The lowest BCUT2D eigenvalue weighted by Crippen LogP contribution is -1.96. The van der Waals surface area contributed by atoms with Crippen LogP contribution in [0.1, 0.15) is 11.1 Å². The van der Waals surface area contributed by atoms with Gasteiger partial charge in [-0.1, -0.05) is 35.4 Å². The normalized spacial score (nSPS) is 10.4. The van der Waals surface area contributed by atoms with E-state index in [-0.39, 0.29) is 9.79 Å². The third-order valence-electron chi connectivity index (χ3n) is 2.64. The first-order chi connectivity index (χ1) is 11.4. The second-order valence-corrected chi connectivity index (χ2v) is 7.56. The van der Waals surface area contributed by atoms with Crippen LogP contribution in [-0.4, -0.2) is 37.4 Å². The third-order valence-corrected chi connectivity index (χ3v) is 4.37. The minimum absolute atomic E-state index is 0.0666. The summed E-state index contributed by atoms with van der Waals surface area (Å²) in [7, 11) is -8.04. The van der Waals surface area contributed by atoms with E-state index in [1.807, 2.05) is 13.8 Å². The summed E-state index contributed by atoms with van der Waals surface area (Å²) in [6, 6.07) is 12.0. The molecular formula is C15H18N2O6S2. The average Bonchev–Trinajstić information content (AvgIpc) is 2.47. The molecular weight excluding hydrogens is 368 g/mol. The molecule has 0 fully saturated rings. The molecule has 0 amide bonds. The number of benzene rings is 2. The number of hydrogen-bond acceptors (Lipinski definition) is 4. The highest BCUT2D eigenvalue weighted by Gasteiger charge is 2.07. The van der Waals surface area contributed by atoms with E-state index < -0.39 is 20.2 Å². The Morgan fingerprint density at radius 3 is 1.12 bits per heavy atom. The van der Waals surface area contributed by atoms with E-state index in [0.717, 1.165) is 11.1 Å². The van der Waals surface area contributed by atoms with Crippen molar-refractivity contribution in [2.75, 3.05) is 0 Å². The number of rotatable bonds is 2. The lowest BCUT2D eigenvalue weighted by Gasteiger charge is -1.95. The Labute approximate surface area is 146 Å². The Bertz CT molecular complexity index is 839. The van der Waals surface area contributed by atoms with Crippen molar-refractivity contribution in [2.24, 2.45) is 0 Å². The summed E-state index contributed by atoms with van der Waals surface area (Å²) < 4.78 is 59.1. The molecule has 0 radical (unpaired) electrons. The molecule has 0 bridgehead atoms. The monoisotopic (exact) mass is 386 g/mol. The smallest absolute Gasteiger partial charge is 0.294 e. The lowest BCUT2D eigenvalue weighted by atomic mass is 10.2. The maximum Gasteiger partial charge on any atom is 0.294 e. The van der Waals surface area contributed by atoms with Crippen LogP contribution in [0, 0.1) is 13.8 Å². The first-order valence-electron chi connectivity index (χ1n) is 6.60. The first-order valence-corrected chi connectivity index (χ1v) is 9.48. The molecule has 2 aromatic carbocycles. The second kappa shape index (κ2) is 9.82. The van der Waals surface area contributed by atoms with Gasteiger partial charge in [0.1, 0.15) is 0 Å². The quantitative estimate of drug-likeness (QED) is 0.351. The van der Waals surface area contributed by atoms with Gasteiger partial charge in [-0.05, 0) is 38.1 Å². The molecule has 0 unspecified atom stereocenters. The van der Waals surface area contributed by atoms with E-state index in [4.69, 9.17) is 14.6 Å². The van der Waals surface area contributed by atoms with Crippen molar-refractivity contribution in [3.05, 3.63) is 65.2 Å². The van der Waals surface area contributed by atoms with Crippen LogP contribution >= 0.6 is 0 Å². The van der Waals surface area contributed by atoms with Crippen molar-refractivity contribution >= 4 is 27.0 Å². The molecule has 2 N–H and O–H groups in total. The van der Waals surface area contributed by atoms with E-state index in [9.17, 15) is 16.8 Å². The van der Waals surface area contributed by atoms with E-state index >= 15 is 0 Å². The highest BCUT2D eigenvalue weighted by Crippen LogP contribution is 2.09. The summed E-state index contributed by atoms with van der Waals surface area (Å²) in [6.07, 6.45) is 0. The van der Waals surface area contributed by atoms with Gasteiger partial charge >= 0.3 is 0 Å². The van der Waals surface area contributed by atoms with Crippen LogP contribution in [-0.2, 0) is 20.2 Å². The maximum absolute atomic E-state index is 10.5. The van der Waals surface area contributed by atoms with Crippen molar-refractivity contribution in [1.29, 1.82) is 0 Å². The van der Waals surface area contributed by atoms with E-state index in [2.05, 4.69) is 11.5 Å². The average molecular weight is 386 g/mol. The van der Waals surface area contributed by atoms with Crippen LogP contribution in [0.5, 0.6) is 0 Å². The highest BCUT2D eigenvalue weighted by atomic mass is 32.2. The van der Waals surface area contributed by atoms with Crippen molar-refractivity contribution in [3.63, 3.8) is 0 Å². The summed E-state index contributed by atoms with van der Waals surface area (Å²) in [5, 5.41) is 0. The molecule has 25 heavy (non-hydrogen) atoms. The van der Waals surface area contributed by atoms with Crippen LogP contribution in [0.2, 0.25) is 0 Å². The molecule has 0 aliphatic carbocycles. The Morgan fingerprint density at radius 1 is 0.760 bits per heavy atom. The number of nitrogens with zero attached hydrogens (tertiary/aromatic N) is 2. The van der Waals surface area contributed by atoms with Crippen LogP contribution in [0.15, 0.2) is 58.3 Å². The topological polar surface area (TPSA) is 145 Å².